The van der Waals surface area contributed by atoms with Gasteiger partial charge >= 0.3 is 0 Å². The molecule has 5 rings (SSSR count). The number of nitrogens with zero attached hydrogens (tertiary/aromatic N) is 3. The number of fused-ring (bicyclic) bond motifs is 2. The van der Waals surface area contributed by atoms with Gasteiger partial charge in [-0.25, -0.2) is 18.2 Å². The fourth-order valence-electron chi connectivity index (χ4n) is 3.44. The largest absolute Gasteiger partial charge is 0.309 e. The van der Waals surface area contributed by atoms with E-state index in [0.29, 0.717) is 22.2 Å². The molecule has 1 aliphatic carbocycles. The normalized spacial score (nSPS) is 18.5. The number of halogens is 4. The minimum absolute atomic E-state index is 0.175. The average Bonchev–Trinajstić information content (AvgIpc) is 3.08. The second-order valence-corrected chi connectivity index (χ2v) is 7.31. The molecule has 10 heteroatoms. The van der Waals surface area contributed by atoms with Crippen molar-refractivity contribution in [2.24, 2.45) is 5.92 Å². The quantitative estimate of drug-likeness (QED) is 0.513. The molecule has 4 aromatic rings. The molecular formula is C19H13ClF3N5O. The SMILES string of the molecule is O=C(Nc1cn2cc(-c3c(Cl)c(F)c(CF)c4[nH]ncc34)ccc2n1)[C@@H]1C[C@@H]1F. The summed E-state index contributed by atoms with van der Waals surface area (Å²) in [5.41, 5.74) is 1.51. The van der Waals surface area contributed by atoms with Crippen molar-refractivity contribution in [3.05, 3.63) is 47.1 Å². The van der Waals surface area contributed by atoms with E-state index in [4.69, 9.17) is 11.6 Å². The van der Waals surface area contributed by atoms with E-state index in [-0.39, 0.29) is 28.3 Å². The molecule has 0 radical (unpaired) electrons. The van der Waals surface area contributed by atoms with E-state index in [1.54, 1.807) is 28.9 Å². The van der Waals surface area contributed by atoms with Gasteiger partial charge in [-0.2, -0.15) is 5.10 Å². The second kappa shape index (κ2) is 6.48. The molecule has 2 N–H and O–H groups in total. The number of aromatic amines is 1. The molecule has 29 heavy (non-hydrogen) atoms. The molecule has 1 saturated carbocycles. The van der Waals surface area contributed by atoms with Crippen molar-refractivity contribution in [2.45, 2.75) is 19.3 Å². The van der Waals surface area contributed by atoms with E-state index in [1.165, 1.54) is 6.20 Å². The van der Waals surface area contributed by atoms with Gasteiger partial charge in [0.15, 0.2) is 5.82 Å². The zero-order valence-corrected chi connectivity index (χ0v) is 15.5. The molecule has 6 nitrogen and oxygen atoms in total. The molecule has 0 saturated heterocycles. The fraction of sp³-hybridized carbons (Fsp3) is 0.211. The molecule has 1 amide bonds. The highest BCUT2D eigenvalue weighted by atomic mass is 35.5. The third-order valence-electron chi connectivity index (χ3n) is 5.06. The van der Waals surface area contributed by atoms with E-state index in [2.05, 4.69) is 20.5 Å². The lowest BCUT2D eigenvalue weighted by atomic mass is 10.00. The number of benzene rings is 1. The molecule has 2 atom stereocenters. The van der Waals surface area contributed by atoms with Crippen molar-refractivity contribution < 1.29 is 18.0 Å². The standard InChI is InChI=1S/C19H13ClF3N5O/c20-16-15(11-5-24-27-18(11)10(4-21)17(16)23)8-1-2-14-25-13(7-28(14)6-8)26-19(29)9-3-12(9)22/h1-2,5-7,9,12H,3-4H2,(H,24,27)(H,26,29)/t9-,12+/m1/s1. The Hall–Kier alpha value is -3.07. The summed E-state index contributed by atoms with van der Waals surface area (Å²) in [6.07, 6.45) is 3.82. The summed E-state index contributed by atoms with van der Waals surface area (Å²) >= 11 is 6.23. The molecule has 1 fully saturated rings. The van der Waals surface area contributed by atoms with Crippen molar-refractivity contribution >= 4 is 39.9 Å². The third kappa shape index (κ3) is 2.84. The number of aromatic nitrogens is 4. The second-order valence-electron chi connectivity index (χ2n) is 6.93. The van der Waals surface area contributed by atoms with Gasteiger partial charge in [-0.1, -0.05) is 11.6 Å². The Morgan fingerprint density at radius 1 is 1.38 bits per heavy atom. The van der Waals surface area contributed by atoms with Gasteiger partial charge in [0.05, 0.1) is 28.9 Å². The van der Waals surface area contributed by atoms with Crippen molar-refractivity contribution in [1.29, 1.82) is 0 Å². The first-order chi connectivity index (χ1) is 14.0. The molecule has 0 unspecified atom stereocenters. The number of H-pyrrole nitrogens is 1. The van der Waals surface area contributed by atoms with Crippen LogP contribution in [0.2, 0.25) is 5.02 Å². The molecule has 148 valence electrons. The van der Waals surface area contributed by atoms with Crippen molar-refractivity contribution in [1.82, 2.24) is 19.6 Å². The van der Waals surface area contributed by atoms with Crippen LogP contribution in [-0.4, -0.2) is 31.7 Å². The number of rotatable bonds is 4. The highest BCUT2D eigenvalue weighted by Crippen LogP contribution is 2.39. The van der Waals surface area contributed by atoms with Gasteiger partial charge in [0.2, 0.25) is 5.91 Å². The van der Waals surface area contributed by atoms with Crippen LogP contribution in [0.1, 0.15) is 12.0 Å². The van der Waals surface area contributed by atoms with Gasteiger partial charge in [-0.15, -0.1) is 0 Å². The smallest absolute Gasteiger partial charge is 0.231 e. The third-order valence-corrected chi connectivity index (χ3v) is 5.42. The maximum Gasteiger partial charge on any atom is 0.231 e. The molecule has 3 heterocycles. The van der Waals surface area contributed by atoms with Gasteiger partial charge in [0.1, 0.15) is 24.3 Å². The number of carbonyl (C=O) groups is 1. The molecule has 1 aromatic carbocycles. The van der Waals surface area contributed by atoms with Crippen LogP contribution in [0, 0.1) is 11.7 Å². The summed E-state index contributed by atoms with van der Waals surface area (Å²) in [5.74, 6) is -1.59. The molecule has 0 aliphatic heterocycles. The van der Waals surface area contributed by atoms with Crippen LogP contribution in [0.15, 0.2) is 30.7 Å². The number of carbonyl (C=O) groups excluding carboxylic acids is 1. The van der Waals surface area contributed by atoms with Crippen molar-refractivity contribution in [3.8, 4) is 11.1 Å². The number of alkyl halides is 2. The summed E-state index contributed by atoms with van der Waals surface area (Å²) in [6, 6.07) is 3.36. The highest BCUT2D eigenvalue weighted by molar-refractivity contribution is 6.35. The zero-order valence-electron chi connectivity index (χ0n) is 14.7. The lowest BCUT2D eigenvalue weighted by molar-refractivity contribution is -0.117. The predicted molar refractivity (Wildman–Crippen MR) is 102 cm³/mol. The lowest BCUT2D eigenvalue weighted by Crippen LogP contribution is -2.15. The number of hydrogen-bond donors (Lipinski definition) is 2. The Morgan fingerprint density at radius 2 is 2.17 bits per heavy atom. The zero-order chi connectivity index (χ0) is 20.3. The number of anilines is 1. The van der Waals surface area contributed by atoms with Crippen LogP contribution < -0.4 is 5.32 Å². The predicted octanol–water partition coefficient (Wildman–Crippen LogP) is 4.44. The molecule has 0 spiro atoms. The van der Waals surface area contributed by atoms with E-state index in [9.17, 15) is 18.0 Å². The summed E-state index contributed by atoms with van der Waals surface area (Å²) in [4.78, 5) is 16.2. The van der Waals surface area contributed by atoms with Crippen LogP contribution in [0.5, 0.6) is 0 Å². The van der Waals surface area contributed by atoms with E-state index < -0.39 is 30.5 Å². The van der Waals surface area contributed by atoms with Crippen LogP contribution in [-0.2, 0) is 11.5 Å². The number of amides is 1. The number of nitrogens with one attached hydrogen (secondary N) is 2. The Kier molecular flexibility index (Phi) is 4.02. The minimum Gasteiger partial charge on any atom is -0.309 e. The maximum atomic E-state index is 14.6. The van der Waals surface area contributed by atoms with Crippen LogP contribution in [0.25, 0.3) is 27.7 Å². The summed E-state index contributed by atoms with van der Waals surface area (Å²) in [6.45, 7) is -1.02. The topological polar surface area (TPSA) is 75.1 Å². The Labute approximate surface area is 166 Å². The van der Waals surface area contributed by atoms with Gasteiger partial charge in [-0.3, -0.25) is 9.89 Å². The Bertz CT molecular complexity index is 1280. The summed E-state index contributed by atoms with van der Waals surface area (Å²) in [7, 11) is 0. The van der Waals surface area contributed by atoms with E-state index in [1.807, 2.05) is 0 Å². The van der Waals surface area contributed by atoms with Crippen molar-refractivity contribution in [3.63, 3.8) is 0 Å². The summed E-state index contributed by atoms with van der Waals surface area (Å²) in [5, 5.41) is 9.38. The number of imidazole rings is 1. The monoisotopic (exact) mass is 419 g/mol. The number of hydrogen-bond acceptors (Lipinski definition) is 3. The van der Waals surface area contributed by atoms with Crippen LogP contribution >= 0.6 is 11.6 Å². The molecule has 1 aliphatic rings. The fourth-order valence-corrected chi connectivity index (χ4v) is 3.76. The first kappa shape index (κ1) is 18.0. The summed E-state index contributed by atoms with van der Waals surface area (Å²) < 4.78 is 42.6. The van der Waals surface area contributed by atoms with Gasteiger partial charge in [0.25, 0.3) is 0 Å². The highest BCUT2D eigenvalue weighted by Gasteiger charge is 2.43. The molecule has 3 aromatic heterocycles. The molecular weight excluding hydrogens is 407 g/mol. The number of pyridine rings is 1. The lowest BCUT2D eigenvalue weighted by Gasteiger charge is -2.11. The van der Waals surface area contributed by atoms with Gasteiger partial charge < -0.3 is 9.72 Å². The first-order valence-electron chi connectivity index (χ1n) is 8.81. The average molecular weight is 420 g/mol. The van der Waals surface area contributed by atoms with E-state index >= 15 is 0 Å². The van der Waals surface area contributed by atoms with E-state index in [0.717, 1.165) is 0 Å². The van der Waals surface area contributed by atoms with Gasteiger partial charge in [-0.05, 0) is 18.6 Å². The molecule has 0 bridgehead atoms. The minimum atomic E-state index is -1.10. The van der Waals surface area contributed by atoms with Crippen LogP contribution in [0.3, 0.4) is 0 Å². The van der Waals surface area contributed by atoms with Gasteiger partial charge in [0, 0.05) is 28.3 Å². The van der Waals surface area contributed by atoms with Crippen molar-refractivity contribution in [2.75, 3.05) is 5.32 Å². The Balaban J connectivity index is 1.58. The Morgan fingerprint density at radius 3 is 2.90 bits per heavy atom. The maximum absolute atomic E-state index is 14.6. The van der Waals surface area contributed by atoms with Crippen LogP contribution in [0.4, 0.5) is 19.0 Å². The first-order valence-corrected chi connectivity index (χ1v) is 9.18.